The zero-order chi connectivity index (χ0) is 7.28. The maximum atomic E-state index is 4.93. The summed E-state index contributed by atoms with van der Waals surface area (Å²) in [4.78, 5) is 0. The Hall–Kier alpha value is -0.340. The highest BCUT2D eigenvalue weighted by Gasteiger charge is 2.05. The molecule has 0 fully saturated rings. The summed E-state index contributed by atoms with van der Waals surface area (Å²) < 4.78 is 9.86. The molecule has 2 heteroatoms. The highest BCUT2D eigenvalue weighted by molar-refractivity contribution is 4.96. The molecule has 0 unspecified atom stereocenters. The molecule has 0 radical (unpaired) electrons. The summed E-state index contributed by atoms with van der Waals surface area (Å²) in [5.74, 6) is 0. The van der Waals surface area contributed by atoms with Crippen molar-refractivity contribution in [2.24, 2.45) is 0 Å². The van der Waals surface area contributed by atoms with Gasteiger partial charge in [0.2, 0.25) is 0 Å². The zero-order valence-electron chi connectivity index (χ0n) is 6.31. The van der Waals surface area contributed by atoms with Crippen molar-refractivity contribution in [3.8, 4) is 0 Å². The van der Waals surface area contributed by atoms with Crippen molar-refractivity contribution in [3.05, 3.63) is 12.2 Å². The van der Waals surface area contributed by atoms with Crippen molar-refractivity contribution in [2.75, 3.05) is 14.2 Å². The van der Waals surface area contributed by atoms with Crippen LogP contribution in [0.4, 0.5) is 0 Å². The lowest BCUT2D eigenvalue weighted by atomic mass is 10.2. The normalized spacial score (nSPS) is 10.2. The molecule has 0 aromatic heterocycles. The molecular formula is C7H14O2. The summed E-state index contributed by atoms with van der Waals surface area (Å²) in [5.41, 5.74) is 0.972. The first-order chi connectivity index (χ1) is 4.26. The molecule has 0 spiro atoms. The van der Waals surface area contributed by atoms with Crippen LogP contribution in [-0.4, -0.2) is 20.5 Å². The number of rotatable bonds is 4. The lowest BCUT2D eigenvalue weighted by Crippen LogP contribution is -2.14. The highest BCUT2D eigenvalue weighted by Crippen LogP contribution is 2.06. The van der Waals surface area contributed by atoms with Crippen molar-refractivity contribution >= 4 is 0 Å². The smallest absolute Gasteiger partial charge is 0.178 e. The average molecular weight is 130 g/mol. The molecule has 0 rings (SSSR count). The summed E-state index contributed by atoms with van der Waals surface area (Å²) >= 11 is 0. The van der Waals surface area contributed by atoms with E-state index in [0.29, 0.717) is 0 Å². The van der Waals surface area contributed by atoms with Crippen LogP contribution in [0.5, 0.6) is 0 Å². The summed E-state index contributed by atoms with van der Waals surface area (Å²) in [6.07, 6.45) is 0.668. The predicted molar refractivity (Wildman–Crippen MR) is 37.2 cm³/mol. The average Bonchev–Trinajstić information content (AvgIpc) is 1.90. The molecular weight excluding hydrogens is 116 g/mol. The fraction of sp³-hybridized carbons (Fsp3) is 0.714. The molecule has 0 aliphatic rings. The molecule has 0 aliphatic carbocycles. The van der Waals surface area contributed by atoms with Gasteiger partial charge >= 0.3 is 0 Å². The van der Waals surface area contributed by atoms with Gasteiger partial charge in [0.15, 0.2) is 6.29 Å². The molecule has 54 valence electrons. The maximum absolute atomic E-state index is 4.93. The summed E-state index contributed by atoms with van der Waals surface area (Å²) in [5, 5.41) is 0. The van der Waals surface area contributed by atoms with Crippen LogP contribution in [0.25, 0.3) is 0 Å². The van der Waals surface area contributed by atoms with Crippen molar-refractivity contribution < 1.29 is 9.47 Å². The van der Waals surface area contributed by atoms with Crippen LogP contribution in [0, 0.1) is 0 Å². The van der Waals surface area contributed by atoms with Crippen LogP contribution in [0.2, 0.25) is 0 Å². The van der Waals surface area contributed by atoms with Gasteiger partial charge in [-0.1, -0.05) is 13.5 Å². The van der Waals surface area contributed by atoms with Crippen LogP contribution in [0.15, 0.2) is 12.2 Å². The quantitative estimate of drug-likeness (QED) is 0.425. The van der Waals surface area contributed by atoms with Gasteiger partial charge in [-0.05, 0) is 12.0 Å². The van der Waals surface area contributed by atoms with Crippen LogP contribution in [0.1, 0.15) is 13.3 Å². The summed E-state index contributed by atoms with van der Waals surface area (Å²) in [7, 11) is 3.21. The number of methoxy groups -OCH3 is 2. The van der Waals surface area contributed by atoms with E-state index in [4.69, 9.17) is 9.47 Å². The number of ether oxygens (including phenoxy) is 2. The van der Waals surface area contributed by atoms with E-state index in [1.54, 1.807) is 14.2 Å². The van der Waals surface area contributed by atoms with Gasteiger partial charge in [0.05, 0.1) is 0 Å². The Morgan fingerprint density at radius 1 is 1.44 bits per heavy atom. The topological polar surface area (TPSA) is 18.5 Å². The molecule has 0 amide bonds. The molecule has 0 bridgehead atoms. The van der Waals surface area contributed by atoms with Gasteiger partial charge in [-0.25, -0.2) is 0 Å². The minimum atomic E-state index is -0.227. The first-order valence-electron chi connectivity index (χ1n) is 2.99. The molecule has 0 saturated heterocycles. The molecule has 2 nitrogen and oxygen atoms in total. The Balaban J connectivity index is 3.64. The van der Waals surface area contributed by atoms with Crippen LogP contribution >= 0.6 is 0 Å². The fourth-order valence-electron chi connectivity index (χ4n) is 0.596. The lowest BCUT2D eigenvalue weighted by Gasteiger charge is -2.13. The first kappa shape index (κ1) is 8.66. The maximum Gasteiger partial charge on any atom is 0.178 e. The van der Waals surface area contributed by atoms with Gasteiger partial charge in [-0.15, -0.1) is 0 Å². The second-order valence-electron chi connectivity index (χ2n) is 1.82. The number of hydrogen-bond donors (Lipinski definition) is 0. The van der Waals surface area contributed by atoms with Crippen molar-refractivity contribution in [2.45, 2.75) is 19.6 Å². The third-order valence-electron chi connectivity index (χ3n) is 1.22. The van der Waals surface area contributed by atoms with E-state index in [-0.39, 0.29) is 6.29 Å². The molecule has 0 saturated carbocycles. The van der Waals surface area contributed by atoms with Crippen LogP contribution < -0.4 is 0 Å². The van der Waals surface area contributed by atoms with E-state index in [1.165, 1.54) is 0 Å². The van der Waals surface area contributed by atoms with Gasteiger partial charge in [0.25, 0.3) is 0 Å². The van der Waals surface area contributed by atoms with Crippen molar-refractivity contribution in [1.29, 1.82) is 0 Å². The van der Waals surface area contributed by atoms with E-state index in [9.17, 15) is 0 Å². The van der Waals surface area contributed by atoms with E-state index in [2.05, 4.69) is 6.58 Å². The van der Waals surface area contributed by atoms with Gasteiger partial charge < -0.3 is 9.47 Å². The van der Waals surface area contributed by atoms with Crippen LogP contribution in [-0.2, 0) is 9.47 Å². The Bertz CT molecular complexity index is 84.9. The van der Waals surface area contributed by atoms with Crippen molar-refractivity contribution in [1.82, 2.24) is 0 Å². The Morgan fingerprint density at radius 3 is 2.00 bits per heavy atom. The van der Waals surface area contributed by atoms with E-state index in [0.717, 1.165) is 12.0 Å². The largest absolute Gasteiger partial charge is 0.352 e. The van der Waals surface area contributed by atoms with Crippen LogP contribution in [0.3, 0.4) is 0 Å². The van der Waals surface area contributed by atoms with E-state index in [1.807, 2.05) is 6.92 Å². The standard InChI is InChI=1S/C7H14O2/c1-5-6(2)7(8-3)9-4/h7H,2,5H2,1,3-4H3. The monoisotopic (exact) mass is 130 g/mol. The first-order valence-corrected chi connectivity index (χ1v) is 2.99. The number of hydrogen-bond acceptors (Lipinski definition) is 2. The lowest BCUT2D eigenvalue weighted by molar-refractivity contribution is -0.0760. The molecule has 0 N–H and O–H groups in total. The third-order valence-corrected chi connectivity index (χ3v) is 1.22. The Kier molecular flexibility index (Phi) is 4.36. The molecule has 0 heterocycles. The summed E-state index contributed by atoms with van der Waals surface area (Å²) in [6, 6.07) is 0. The predicted octanol–water partition coefficient (Wildman–Crippen LogP) is 1.57. The molecule has 0 aromatic rings. The van der Waals surface area contributed by atoms with E-state index >= 15 is 0 Å². The summed E-state index contributed by atoms with van der Waals surface area (Å²) in [6.45, 7) is 5.79. The van der Waals surface area contributed by atoms with Gasteiger partial charge in [-0.2, -0.15) is 0 Å². The molecule has 9 heavy (non-hydrogen) atoms. The minimum absolute atomic E-state index is 0.227. The second kappa shape index (κ2) is 4.53. The molecule has 0 atom stereocenters. The van der Waals surface area contributed by atoms with Gasteiger partial charge in [0.1, 0.15) is 0 Å². The van der Waals surface area contributed by atoms with E-state index < -0.39 is 0 Å². The third kappa shape index (κ3) is 2.63. The fourth-order valence-corrected chi connectivity index (χ4v) is 0.596. The SMILES string of the molecule is C=C(CC)C(OC)OC. The second-order valence-corrected chi connectivity index (χ2v) is 1.82. The Labute approximate surface area is 56.5 Å². The van der Waals surface area contributed by atoms with Gasteiger partial charge in [0, 0.05) is 14.2 Å². The zero-order valence-corrected chi connectivity index (χ0v) is 6.31. The van der Waals surface area contributed by atoms with Crippen molar-refractivity contribution in [3.63, 3.8) is 0 Å². The minimum Gasteiger partial charge on any atom is -0.352 e. The molecule has 0 aliphatic heterocycles. The Morgan fingerprint density at radius 2 is 1.89 bits per heavy atom. The highest BCUT2D eigenvalue weighted by atomic mass is 16.7. The molecule has 0 aromatic carbocycles. The van der Waals surface area contributed by atoms with Gasteiger partial charge in [-0.3, -0.25) is 0 Å².